The van der Waals surface area contributed by atoms with E-state index in [0.717, 1.165) is 21.8 Å². The van der Waals surface area contributed by atoms with Crippen molar-refractivity contribution in [1.29, 1.82) is 5.26 Å². The number of benzene rings is 2. The van der Waals surface area contributed by atoms with E-state index in [0.29, 0.717) is 11.3 Å². The van der Waals surface area contributed by atoms with Crippen molar-refractivity contribution in [2.75, 3.05) is 18.2 Å². The average Bonchev–Trinajstić information content (AvgIpc) is 2.78. The number of thioether (sulfide) groups is 1. The lowest BCUT2D eigenvalue weighted by molar-refractivity contribution is -0.150. The van der Waals surface area contributed by atoms with Crippen molar-refractivity contribution in [1.82, 2.24) is 5.32 Å². The summed E-state index contributed by atoms with van der Waals surface area (Å²) in [4.78, 5) is 37.6. The topological polar surface area (TPSA) is 108 Å². The number of carbonyl (C=O) groups is 3. The van der Waals surface area contributed by atoms with E-state index in [1.54, 1.807) is 36.4 Å². The van der Waals surface area contributed by atoms with Crippen LogP contribution < -0.4 is 10.6 Å². The Morgan fingerprint density at radius 1 is 1.25 bits per heavy atom. The van der Waals surface area contributed by atoms with Gasteiger partial charge in [-0.05, 0) is 36.8 Å². The smallest absolute Gasteiger partial charge is 0.319 e. The van der Waals surface area contributed by atoms with Crippen molar-refractivity contribution in [3.8, 4) is 6.07 Å². The molecule has 7 nitrogen and oxygen atoms in total. The van der Waals surface area contributed by atoms with Gasteiger partial charge in [0.25, 0.3) is 0 Å². The number of nitrogens with one attached hydrogen (secondary N) is 2. The molecule has 164 valence electrons. The van der Waals surface area contributed by atoms with Crippen LogP contribution in [0.25, 0.3) is 0 Å². The number of carbonyl (C=O) groups excluding carboxylic acids is 3. The largest absolute Gasteiger partial charge is 0.468 e. The van der Waals surface area contributed by atoms with Gasteiger partial charge in [0.2, 0.25) is 11.8 Å². The molecule has 0 bridgehead atoms. The highest BCUT2D eigenvalue weighted by Gasteiger charge is 2.44. The number of nitrogens with zero attached hydrogens (tertiary/aromatic N) is 1. The van der Waals surface area contributed by atoms with Crippen LogP contribution in [0.1, 0.15) is 17.0 Å². The minimum Gasteiger partial charge on any atom is -0.468 e. The van der Waals surface area contributed by atoms with Crippen LogP contribution in [0.15, 0.2) is 63.6 Å². The molecule has 1 heterocycles. The molecule has 1 aliphatic heterocycles. The fourth-order valence-corrected chi connectivity index (χ4v) is 4.62. The molecule has 0 spiro atoms. The van der Waals surface area contributed by atoms with Gasteiger partial charge in [0.1, 0.15) is 5.92 Å². The van der Waals surface area contributed by atoms with Crippen molar-refractivity contribution in [2.45, 2.75) is 12.8 Å². The van der Waals surface area contributed by atoms with E-state index in [2.05, 4.69) is 32.6 Å². The van der Waals surface area contributed by atoms with Gasteiger partial charge in [-0.2, -0.15) is 5.26 Å². The molecule has 2 N–H and O–H groups in total. The molecule has 0 unspecified atom stereocenters. The maximum atomic E-state index is 12.8. The Kier molecular flexibility index (Phi) is 7.72. The molecule has 0 aromatic heterocycles. The number of allylic oxidation sites excluding steroid dienone is 1. The van der Waals surface area contributed by atoms with Crippen LogP contribution in [0.4, 0.5) is 5.69 Å². The zero-order chi connectivity index (χ0) is 23.3. The first-order chi connectivity index (χ1) is 15.3. The molecule has 2 amide bonds. The summed E-state index contributed by atoms with van der Waals surface area (Å²) >= 11 is 4.42. The van der Waals surface area contributed by atoms with Gasteiger partial charge in [-0.15, -0.1) is 0 Å². The number of halogens is 1. The molecule has 0 fully saturated rings. The first-order valence-corrected chi connectivity index (χ1v) is 11.4. The van der Waals surface area contributed by atoms with Gasteiger partial charge in [-0.25, -0.2) is 0 Å². The van der Waals surface area contributed by atoms with Crippen LogP contribution in [0.3, 0.4) is 0 Å². The maximum absolute atomic E-state index is 12.8. The van der Waals surface area contributed by atoms with Crippen molar-refractivity contribution in [3.05, 3.63) is 74.7 Å². The molecular weight excluding hydrogens is 494 g/mol. The SMILES string of the molecule is COC(=O)[C@@H]1C(=O)NC(SCC(=O)Nc2ccc(C)cc2)=C(C#N)[C@H]1c1cccc(Br)c1. The van der Waals surface area contributed by atoms with Crippen molar-refractivity contribution < 1.29 is 19.1 Å². The average molecular weight is 514 g/mol. The van der Waals surface area contributed by atoms with Crippen LogP contribution in [0.2, 0.25) is 0 Å². The molecule has 1 aliphatic rings. The first-order valence-electron chi connectivity index (χ1n) is 9.61. The molecule has 0 saturated heterocycles. The zero-order valence-corrected chi connectivity index (χ0v) is 19.7. The number of hydrogen-bond acceptors (Lipinski definition) is 6. The summed E-state index contributed by atoms with van der Waals surface area (Å²) in [7, 11) is 1.20. The monoisotopic (exact) mass is 513 g/mol. The quantitative estimate of drug-likeness (QED) is 0.448. The zero-order valence-electron chi connectivity index (χ0n) is 17.3. The second-order valence-electron chi connectivity index (χ2n) is 7.08. The predicted octanol–water partition coefficient (Wildman–Crippen LogP) is 3.87. The molecule has 0 radical (unpaired) electrons. The van der Waals surface area contributed by atoms with Gasteiger partial charge in [0.15, 0.2) is 0 Å². The summed E-state index contributed by atoms with van der Waals surface area (Å²) in [5.74, 6) is -3.67. The van der Waals surface area contributed by atoms with Crippen LogP contribution in [-0.2, 0) is 19.1 Å². The predicted molar refractivity (Wildman–Crippen MR) is 125 cm³/mol. The minimum atomic E-state index is -1.21. The molecule has 9 heteroatoms. The van der Waals surface area contributed by atoms with Crippen LogP contribution in [0, 0.1) is 24.2 Å². The number of aryl methyl sites for hydroxylation is 1. The number of hydrogen-bond donors (Lipinski definition) is 2. The third-order valence-electron chi connectivity index (χ3n) is 4.87. The van der Waals surface area contributed by atoms with Crippen LogP contribution >= 0.6 is 27.7 Å². The molecule has 32 heavy (non-hydrogen) atoms. The van der Waals surface area contributed by atoms with Crippen LogP contribution in [0.5, 0.6) is 0 Å². The third-order valence-corrected chi connectivity index (χ3v) is 6.38. The minimum absolute atomic E-state index is 0.0250. The molecule has 0 saturated carbocycles. The van der Waals surface area contributed by atoms with Crippen molar-refractivity contribution >= 4 is 51.2 Å². The van der Waals surface area contributed by atoms with Gasteiger partial charge in [0, 0.05) is 16.1 Å². The van der Waals surface area contributed by atoms with Crippen molar-refractivity contribution in [3.63, 3.8) is 0 Å². The Labute approximate surface area is 198 Å². The molecule has 2 aromatic rings. The lowest BCUT2D eigenvalue weighted by Gasteiger charge is -2.31. The number of ether oxygens (including phenoxy) is 1. The van der Waals surface area contributed by atoms with E-state index in [1.165, 1.54) is 7.11 Å². The molecule has 2 atom stereocenters. The Hall–Kier alpha value is -3.09. The van der Waals surface area contributed by atoms with E-state index in [4.69, 9.17) is 4.74 Å². The van der Waals surface area contributed by atoms with E-state index >= 15 is 0 Å². The summed E-state index contributed by atoms with van der Waals surface area (Å²) < 4.78 is 5.57. The first kappa shape index (κ1) is 23.6. The van der Waals surface area contributed by atoms with Gasteiger partial charge in [0.05, 0.1) is 29.5 Å². The Morgan fingerprint density at radius 3 is 2.59 bits per heavy atom. The highest BCUT2D eigenvalue weighted by Crippen LogP contribution is 2.40. The summed E-state index contributed by atoms with van der Waals surface area (Å²) in [6.07, 6.45) is 0. The van der Waals surface area contributed by atoms with E-state index in [9.17, 15) is 19.6 Å². The second kappa shape index (κ2) is 10.5. The molecule has 0 aliphatic carbocycles. The standard InChI is InChI=1S/C23H20BrN3O4S/c1-13-6-8-16(9-7-13)26-18(28)12-32-22-17(11-25)19(14-4-3-5-15(24)10-14)20(21(29)27-22)23(30)31-2/h3-10,19-20H,12H2,1-2H3,(H,26,28)(H,27,29)/t19-,20+/m1/s1. The number of anilines is 1. The summed E-state index contributed by atoms with van der Waals surface area (Å²) in [6.45, 7) is 1.95. The van der Waals surface area contributed by atoms with Crippen molar-refractivity contribution in [2.24, 2.45) is 5.92 Å². The fourth-order valence-electron chi connectivity index (χ4n) is 3.35. The third kappa shape index (κ3) is 5.39. The highest BCUT2D eigenvalue weighted by molar-refractivity contribution is 9.10. The highest BCUT2D eigenvalue weighted by atomic mass is 79.9. The van der Waals surface area contributed by atoms with Gasteiger partial charge in [-0.1, -0.05) is 57.5 Å². The number of esters is 1. The van der Waals surface area contributed by atoms with Crippen LogP contribution in [-0.4, -0.2) is 30.6 Å². The van der Waals surface area contributed by atoms with Gasteiger partial charge >= 0.3 is 5.97 Å². The Balaban J connectivity index is 1.88. The normalized spacial score (nSPS) is 17.9. The maximum Gasteiger partial charge on any atom is 0.319 e. The van der Waals surface area contributed by atoms with E-state index in [-0.39, 0.29) is 22.3 Å². The number of rotatable bonds is 6. The molecule has 2 aromatic carbocycles. The van der Waals surface area contributed by atoms with Gasteiger partial charge < -0.3 is 15.4 Å². The number of nitriles is 1. The fraction of sp³-hybridized carbons (Fsp3) is 0.217. The molecular formula is C23H20BrN3O4S. The van der Waals surface area contributed by atoms with E-state index in [1.807, 2.05) is 19.1 Å². The summed E-state index contributed by atoms with van der Waals surface area (Å²) in [5, 5.41) is 15.6. The number of amides is 2. The Morgan fingerprint density at radius 2 is 1.97 bits per heavy atom. The molecule has 3 rings (SSSR count). The van der Waals surface area contributed by atoms with E-state index < -0.39 is 23.7 Å². The van der Waals surface area contributed by atoms with Gasteiger partial charge in [-0.3, -0.25) is 14.4 Å². The summed E-state index contributed by atoms with van der Waals surface area (Å²) in [5.41, 5.74) is 2.54. The lowest BCUT2D eigenvalue weighted by atomic mass is 9.78. The number of methoxy groups -OCH3 is 1. The summed E-state index contributed by atoms with van der Waals surface area (Å²) in [6, 6.07) is 16.5. The second-order valence-corrected chi connectivity index (χ2v) is 8.98. The lowest BCUT2D eigenvalue weighted by Crippen LogP contribution is -2.44. The Bertz CT molecular complexity index is 1120.